The minimum atomic E-state index is -0.882. The Morgan fingerprint density at radius 3 is 2.38 bits per heavy atom. The van der Waals surface area contributed by atoms with Crippen molar-refractivity contribution >= 4 is 41.2 Å². The molecule has 0 saturated carbocycles. The van der Waals surface area contributed by atoms with Crippen molar-refractivity contribution in [2.45, 2.75) is 0 Å². The van der Waals surface area contributed by atoms with Crippen molar-refractivity contribution in [3.8, 4) is 5.75 Å². The second kappa shape index (κ2) is 6.17. The molecule has 2 N–H and O–H groups in total. The van der Waals surface area contributed by atoms with Gasteiger partial charge in [0.1, 0.15) is 11.3 Å². The Morgan fingerprint density at radius 1 is 1.00 bits per heavy atom. The van der Waals surface area contributed by atoms with Crippen LogP contribution >= 0.6 is 11.6 Å². The molecule has 0 unspecified atom stereocenters. The number of carbonyl (C=O) groups is 3. The number of amides is 4. The van der Waals surface area contributed by atoms with Crippen molar-refractivity contribution in [1.29, 1.82) is 0 Å². The van der Waals surface area contributed by atoms with Crippen molar-refractivity contribution in [2.24, 2.45) is 0 Å². The average Bonchev–Trinajstić information content (AvgIpc) is 2.54. The number of urea groups is 1. The highest BCUT2D eigenvalue weighted by molar-refractivity contribution is 6.42. The van der Waals surface area contributed by atoms with Gasteiger partial charge in [-0.3, -0.25) is 14.9 Å². The first kappa shape index (κ1) is 15.8. The topological polar surface area (TPSA) is 86.7 Å². The van der Waals surface area contributed by atoms with E-state index in [1.54, 1.807) is 30.3 Å². The van der Waals surface area contributed by atoms with Gasteiger partial charge in [0.05, 0.1) is 10.7 Å². The Bertz CT molecular complexity index is 892. The fraction of sp³-hybridized carbons (Fsp3) is 0. The van der Waals surface area contributed by atoms with Crippen LogP contribution in [0.4, 0.5) is 10.5 Å². The molecule has 1 heterocycles. The lowest BCUT2D eigenvalue weighted by atomic mass is 10.1. The van der Waals surface area contributed by atoms with Crippen LogP contribution in [-0.4, -0.2) is 23.0 Å². The molecule has 0 atom stereocenters. The monoisotopic (exact) mass is 342 g/mol. The lowest BCUT2D eigenvalue weighted by Gasteiger charge is -2.27. The minimum absolute atomic E-state index is 0.0909. The van der Waals surface area contributed by atoms with Crippen LogP contribution in [0.15, 0.2) is 54.1 Å². The van der Waals surface area contributed by atoms with Gasteiger partial charge in [-0.1, -0.05) is 41.9 Å². The van der Waals surface area contributed by atoms with Gasteiger partial charge < -0.3 is 5.11 Å². The van der Waals surface area contributed by atoms with Crippen LogP contribution in [0.25, 0.3) is 6.08 Å². The summed E-state index contributed by atoms with van der Waals surface area (Å²) in [6.45, 7) is 0. The van der Waals surface area contributed by atoms with Crippen molar-refractivity contribution in [1.82, 2.24) is 5.32 Å². The molecule has 120 valence electrons. The first-order valence-corrected chi connectivity index (χ1v) is 7.31. The smallest absolute Gasteiger partial charge is 0.335 e. The molecule has 3 rings (SSSR count). The molecule has 2 aromatic rings. The number of hydrogen-bond donors (Lipinski definition) is 2. The molecule has 0 aliphatic carbocycles. The molecule has 7 heteroatoms. The molecule has 0 radical (unpaired) electrons. The molecule has 0 spiro atoms. The number of imide groups is 2. The van der Waals surface area contributed by atoms with Gasteiger partial charge in [0.2, 0.25) is 0 Å². The van der Waals surface area contributed by atoms with Gasteiger partial charge in [-0.2, -0.15) is 0 Å². The zero-order valence-electron chi connectivity index (χ0n) is 12.2. The molecular weight excluding hydrogens is 332 g/mol. The van der Waals surface area contributed by atoms with Crippen LogP contribution in [0.2, 0.25) is 5.02 Å². The van der Waals surface area contributed by atoms with E-state index in [-0.39, 0.29) is 27.6 Å². The van der Waals surface area contributed by atoms with Gasteiger partial charge in [0, 0.05) is 5.56 Å². The number of nitrogens with one attached hydrogen (secondary N) is 1. The molecular formula is C17H11ClN2O4. The number of rotatable bonds is 2. The number of nitrogens with zero attached hydrogens (tertiary/aromatic N) is 1. The molecule has 24 heavy (non-hydrogen) atoms. The molecule has 1 aliphatic heterocycles. The number of para-hydroxylation sites is 2. The van der Waals surface area contributed by atoms with Crippen molar-refractivity contribution in [2.75, 3.05) is 4.90 Å². The summed E-state index contributed by atoms with van der Waals surface area (Å²) in [6, 6.07) is 11.6. The second-order valence-corrected chi connectivity index (χ2v) is 5.38. The maximum Gasteiger partial charge on any atom is 0.335 e. The predicted molar refractivity (Wildman–Crippen MR) is 88.6 cm³/mol. The number of phenolic OH excluding ortho intramolecular Hbond substituents is 1. The van der Waals surface area contributed by atoms with E-state index in [9.17, 15) is 19.5 Å². The van der Waals surface area contributed by atoms with Gasteiger partial charge in [0.15, 0.2) is 0 Å². The minimum Gasteiger partial charge on any atom is -0.507 e. The summed E-state index contributed by atoms with van der Waals surface area (Å²) in [4.78, 5) is 37.5. The average molecular weight is 343 g/mol. The highest BCUT2D eigenvalue weighted by Crippen LogP contribution is 2.29. The highest BCUT2D eigenvalue weighted by atomic mass is 35.5. The Kier molecular flexibility index (Phi) is 4.05. The van der Waals surface area contributed by atoms with E-state index < -0.39 is 17.8 Å². The van der Waals surface area contributed by atoms with E-state index in [1.165, 1.54) is 24.3 Å². The van der Waals surface area contributed by atoms with Crippen molar-refractivity contribution < 1.29 is 19.5 Å². The van der Waals surface area contributed by atoms with Crippen LogP contribution in [-0.2, 0) is 9.59 Å². The molecule has 0 bridgehead atoms. The third-order valence-electron chi connectivity index (χ3n) is 3.43. The van der Waals surface area contributed by atoms with E-state index in [2.05, 4.69) is 5.32 Å². The molecule has 2 aromatic carbocycles. The van der Waals surface area contributed by atoms with Gasteiger partial charge in [0.25, 0.3) is 11.8 Å². The first-order chi connectivity index (χ1) is 11.5. The summed E-state index contributed by atoms with van der Waals surface area (Å²) < 4.78 is 0. The highest BCUT2D eigenvalue weighted by Gasteiger charge is 2.37. The van der Waals surface area contributed by atoms with E-state index in [4.69, 9.17) is 11.6 Å². The second-order valence-electron chi connectivity index (χ2n) is 4.97. The van der Waals surface area contributed by atoms with Gasteiger partial charge in [-0.15, -0.1) is 0 Å². The normalized spacial score (nSPS) is 16.5. The third kappa shape index (κ3) is 2.75. The molecule has 1 saturated heterocycles. The number of hydrogen-bond acceptors (Lipinski definition) is 4. The first-order valence-electron chi connectivity index (χ1n) is 6.93. The number of barbiturate groups is 1. The zero-order valence-corrected chi connectivity index (χ0v) is 12.9. The molecule has 0 aromatic heterocycles. The van der Waals surface area contributed by atoms with Gasteiger partial charge >= 0.3 is 6.03 Å². The number of carbonyl (C=O) groups excluding carboxylic acids is 3. The van der Waals surface area contributed by atoms with Gasteiger partial charge in [-0.25, -0.2) is 9.69 Å². The fourth-order valence-corrected chi connectivity index (χ4v) is 2.49. The van der Waals surface area contributed by atoms with E-state index in [1.807, 2.05) is 0 Å². The number of benzene rings is 2. The van der Waals surface area contributed by atoms with E-state index in [0.717, 1.165) is 4.90 Å². The maximum atomic E-state index is 12.7. The van der Waals surface area contributed by atoms with E-state index >= 15 is 0 Å². The summed E-state index contributed by atoms with van der Waals surface area (Å²) in [5.74, 6) is -1.75. The molecule has 1 fully saturated rings. The number of halogens is 1. The Morgan fingerprint density at radius 2 is 1.67 bits per heavy atom. The van der Waals surface area contributed by atoms with Crippen LogP contribution < -0.4 is 10.2 Å². The summed E-state index contributed by atoms with van der Waals surface area (Å²) in [5, 5.41) is 12.1. The number of phenols is 1. The van der Waals surface area contributed by atoms with Crippen molar-refractivity contribution in [3.05, 3.63) is 64.7 Å². The zero-order chi connectivity index (χ0) is 17.3. The Balaban J connectivity index is 2.07. The van der Waals surface area contributed by atoms with Crippen LogP contribution in [0, 0.1) is 0 Å². The summed E-state index contributed by atoms with van der Waals surface area (Å²) >= 11 is 6.04. The van der Waals surface area contributed by atoms with Crippen LogP contribution in [0.3, 0.4) is 0 Å². The van der Waals surface area contributed by atoms with Crippen LogP contribution in [0.1, 0.15) is 5.56 Å². The largest absolute Gasteiger partial charge is 0.507 e. The quantitative estimate of drug-likeness (QED) is 0.649. The Hall–Kier alpha value is -3.12. The lowest BCUT2D eigenvalue weighted by Crippen LogP contribution is -2.54. The molecule has 1 aliphatic rings. The lowest BCUT2D eigenvalue weighted by molar-refractivity contribution is -0.122. The summed E-state index contributed by atoms with van der Waals surface area (Å²) in [5.41, 5.74) is 0.165. The summed E-state index contributed by atoms with van der Waals surface area (Å²) in [7, 11) is 0. The van der Waals surface area contributed by atoms with Crippen LogP contribution in [0.5, 0.6) is 5.75 Å². The van der Waals surface area contributed by atoms with Crippen molar-refractivity contribution in [3.63, 3.8) is 0 Å². The number of aromatic hydroxyl groups is 1. The van der Waals surface area contributed by atoms with E-state index in [0.29, 0.717) is 0 Å². The SMILES string of the molecule is O=C1NC(=O)N(c2ccccc2Cl)C(=O)/C1=C/c1ccccc1O. The third-order valence-corrected chi connectivity index (χ3v) is 3.75. The summed E-state index contributed by atoms with van der Waals surface area (Å²) in [6.07, 6.45) is 1.23. The van der Waals surface area contributed by atoms with Gasteiger partial charge in [-0.05, 0) is 24.3 Å². The Labute approximate surface area is 142 Å². The standard InChI is InChI=1S/C17H11ClN2O4/c18-12-6-2-3-7-13(12)20-16(23)11(15(22)19-17(20)24)9-10-5-1-4-8-14(10)21/h1-9,21H,(H,19,22,24)/b11-9+. The molecule has 6 nitrogen and oxygen atoms in total. The maximum absolute atomic E-state index is 12.7. The predicted octanol–water partition coefficient (Wildman–Crippen LogP) is 2.71. The fourth-order valence-electron chi connectivity index (χ4n) is 2.27. The number of anilines is 1. The molecule has 4 amide bonds.